The van der Waals surface area contributed by atoms with Gasteiger partial charge in [0.15, 0.2) is 0 Å². The molecular weight excluding hydrogens is 242 g/mol. The van der Waals surface area contributed by atoms with Crippen LogP contribution in [0, 0.1) is 0 Å². The molecule has 3 rings (SSSR count). The summed E-state index contributed by atoms with van der Waals surface area (Å²) in [7, 11) is 0. The Labute approximate surface area is 112 Å². The highest BCUT2D eigenvalue weighted by molar-refractivity contribution is 7.99. The summed E-state index contributed by atoms with van der Waals surface area (Å²) in [5.74, 6) is 1.74. The summed E-state index contributed by atoms with van der Waals surface area (Å²) in [6, 6.07) is 10.7. The van der Waals surface area contributed by atoms with Gasteiger partial charge in [-0.2, -0.15) is 0 Å². The van der Waals surface area contributed by atoms with Crippen LogP contribution in [0.2, 0.25) is 0 Å². The van der Waals surface area contributed by atoms with E-state index in [9.17, 15) is 5.11 Å². The summed E-state index contributed by atoms with van der Waals surface area (Å²) in [5, 5.41) is 9.54. The van der Waals surface area contributed by atoms with Gasteiger partial charge in [0.1, 0.15) is 0 Å². The summed E-state index contributed by atoms with van der Waals surface area (Å²) in [6.45, 7) is 2.80. The molecular formula is C15H17NOS. The first kappa shape index (κ1) is 11.9. The molecule has 1 aromatic carbocycles. The second-order valence-corrected chi connectivity index (χ2v) is 5.93. The monoisotopic (exact) mass is 259 g/mol. The molecule has 2 unspecified atom stereocenters. The molecule has 0 saturated carbocycles. The average molecular weight is 259 g/mol. The minimum Gasteiger partial charge on any atom is -0.389 e. The minimum absolute atomic E-state index is 0.378. The summed E-state index contributed by atoms with van der Waals surface area (Å²) in [4.78, 5) is 1.42. The number of aliphatic hydroxyl groups excluding tert-OH is 1. The Morgan fingerprint density at radius 2 is 2.22 bits per heavy atom. The van der Waals surface area contributed by atoms with Crippen molar-refractivity contribution in [2.75, 3.05) is 5.75 Å². The standard InChI is InChI=1S/C15H17NOS/c1-11(17)12-6-7-16(8-12)9-13-10-18-15-5-3-2-4-14(13)15/h2-8,11,13,17H,9-10H2,1H3. The van der Waals surface area contributed by atoms with Gasteiger partial charge in [0.25, 0.3) is 0 Å². The Kier molecular flexibility index (Phi) is 3.18. The molecule has 0 fully saturated rings. The predicted octanol–water partition coefficient (Wildman–Crippen LogP) is 3.43. The lowest BCUT2D eigenvalue weighted by Gasteiger charge is -2.11. The van der Waals surface area contributed by atoms with Gasteiger partial charge in [-0.15, -0.1) is 11.8 Å². The van der Waals surface area contributed by atoms with Gasteiger partial charge in [-0.1, -0.05) is 18.2 Å². The number of hydrogen-bond donors (Lipinski definition) is 1. The van der Waals surface area contributed by atoms with E-state index in [2.05, 4.69) is 41.2 Å². The molecule has 2 aromatic rings. The van der Waals surface area contributed by atoms with Crippen molar-refractivity contribution >= 4 is 11.8 Å². The molecule has 0 amide bonds. The number of aliphatic hydroxyl groups is 1. The van der Waals surface area contributed by atoms with Crippen LogP contribution in [0.15, 0.2) is 47.6 Å². The van der Waals surface area contributed by atoms with Gasteiger partial charge in [-0.05, 0) is 30.2 Å². The van der Waals surface area contributed by atoms with E-state index < -0.39 is 0 Å². The summed E-state index contributed by atoms with van der Waals surface area (Å²) >= 11 is 1.95. The Hall–Kier alpha value is -1.19. The Morgan fingerprint density at radius 1 is 1.39 bits per heavy atom. The van der Waals surface area contributed by atoms with Crippen molar-refractivity contribution in [3.63, 3.8) is 0 Å². The van der Waals surface area contributed by atoms with Crippen LogP contribution in [-0.2, 0) is 6.54 Å². The Balaban J connectivity index is 1.78. The van der Waals surface area contributed by atoms with Crippen molar-refractivity contribution in [3.8, 4) is 0 Å². The van der Waals surface area contributed by atoms with Crippen LogP contribution < -0.4 is 0 Å². The maximum absolute atomic E-state index is 9.54. The van der Waals surface area contributed by atoms with E-state index in [-0.39, 0.29) is 6.10 Å². The van der Waals surface area contributed by atoms with E-state index >= 15 is 0 Å². The maximum Gasteiger partial charge on any atom is 0.0776 e. The summed E-state index contributed by atoms with van der Waals surface area (Å²) in [6.07, 6.45) is 3.74. The van der Waals surface area contributed by atoms with Crippen molar-refractivity contribution in [2.24, 2.45) is 0 Å². The Morgan fingerprint density at radius 3 is 3.00 bits per heavy atom. The molecule has 0 aliphatic carbocycles. The molecule has 1 aliphatic heterocycles. The van der Waals surface area contributed by atoms with Crippen molar-refractivity contribution in [1.29, 1.82) is 0 Å². The number of hydrogen-bond acceptors (Lipinski definition) is 2. The van der Waals surface area contributed by atoms with E-state index in [0.29, 0.717) is 5.92 Å². The highest BCUT2D eigenvalue weighted by Crippen LogP contribution is 2.40. The zero-order valence-electron chi connectivity index (χ0n) is 10.4. The zero-order valence-corrected chi connectivity index (χ0v) is 11.2. The third kappa shape index (κ3) is 2.20. The topological polar surface area (TPSA) is 25.2 Å². The van der Waals surface area contributed by atoms with Gasteiger partial charge in [0.2, 0.25) is 0 Å². The van der Waals surface area contributed by atoms with E-state index in [1.807, 2.05) is 17.8 Å². The number of nitrogens with zero attached hydrogens (tertiary/aromatic N) is 1. The van der Waals surface area contributed by atoms with Crippen molar-refractivity contribution in [2.45, 2.75) is 30.4 Å². The molecule has 18 heavy (non-hydrogen) atoms. The van der Waals surface area contributed by atoms with E-state index in [1.54, 1.807) is 6.92 Å². The van der Waals surface area contributed by atoms with Gasteiger partial charge in [0.05, 0.1) is 6.10 Å². The number of fused-ring (bicyclic) bond motifs is 1. The van der Waals surface area contributed by atoms with Crippen LogP contribution in [-0.4, -0.2) is 15.4 Å². The molecule has 2 atom stereocenters. The van der Waals surface area contributed by atoms with Crippen LogP contribution in [0.3, 0.4) is 0 Å². The first-order valence-corrected chi connectivity index (χ1v) is 7.28. The largest absolute Gasteiger partial charge is 0.389 e. The fourth-order valence-corrected chi connectivity index (χ4v) is 3.70. The zero-order chi connectivity index (χ0) is 12.5. The van der Waals surface area contributed by atoms with Gasteiger partial charge in [-0.25, -0.2) is 0 Å². The molecule has 1 aromatic heterocycles. The quantitative estimate of drug-likeness (QED) is 0.913. The van der Waals surface area contributed by atoms with Crippen molar-refractivity contribution in [3.05, 3.63) is 53.9 Å². The van der Waals surface area contributed by atoms with Gasteiger partial charge < -0.3 is 9.67 Å². The fraction of sp³-hybridized carbons (Fsp3) is 0.333. The van der Waals surface area contributed by atoms with Gasteiger partial charge in [-0.3, -0.25) is 0 Å². The van der Waals surface area contributed by atoms with E-state index in [4.69, 9.17) is 0 Å². The summed E-state index contributed by atoms with van der Waals surface area (Å²) < 4.78 is 2.19. The van der Waals surface area contributed by atoms with Crippen LogP contribution in [0.25, 0.3) is 0 Å². The van der Waals surface area contributed by atoms with Gasteiger partial charge >= 0.3 is 0 Å². The molecule has 1 aliphatic rings. The summed E-state index contributed by atoms with van der Waals surface area (Å²) in [5.41, 5.74) is 2.46. The molecule has 1 N–H and O–H groups in total. The third-order valence-electron chi connectivity index (χ3n) is 3.49. The van der Waals surface area contributed by atoms with Crippen molar-refractivity contribution < 1.29 is 5.11 Å². The highest BCUT2D eigenvalue weighted by Gasteiger charge is 2.22. The number of aromatic nitrogens is 1. The minimum atomic E-state index is -0.378. The lowest BCUT2D eigenvalue weighted by atomic mass is 10.0. The highest BCUT2D eigenvalue weighted by atomic mass is 32.2. The van der Waals surface area contributed by atoms with Crippen LogP contribution in [0.1, 0.15) is 30.1 Å². The second kappa shape index (κ2) is 4.82. The second-order valence-electron chi connectivity index (χ2n) is 4.86. The van der Waals surface area contributed by atoms with Crippen molar-refractivity contribution in [1.82, 2.24) is 4.57 Å². The van der Waals surface area contributed by atoms with E-state index in [0.717, 1.165) is 17.9 Å². The molecule has 3 heteroatoms. The lowest BCUT2D eigenvalue weighted by molar-refractivity contribution is 0.199. The molecule has 0 radical (unpaired) electrons. The van der Waals surface area contributed by atoms with Crippen LogP contribution in [0.5, 0.6) is 0 Å². The molecule has 2 nitrogen and oxygen atoms in total. The lowest BCUT2D eigenvalue weighted by Crippen LogP contribution is -2.07. The maximum atomic E-state index is 9.54. The van der Waals surface area contributed by atoms with Gasteiger partial charge in [0, 0.05) is 35.5 Å². The first-order chi connectivity index (χ1) is 8.74. The third-order valence-corrected chi connectivity index (χ3v) is 4.74. The molecule has 94 valence electrons. The smallest absolute Gasteiger partial charge is 0.0776 e. The normalized spacial score (nSPS) is 19.8. The van der Waals surface area contributed by atoms with E-state index in [1.165, 1.54) is 10.5 Å². The first-order valence-electron chi connectivity index (χ1n) is 6.29. The fourth-order valence-electron chi connectivity index (χ4n) is 2.45. The Bertz CT molecular complexity index is 547. The predicted molar refractivity (Wildman–Crippen MR) is 75.0 cm³/mol. The molecule has 2 heterocycles. The molecule has 0 spiro atoms. The van der Waals surface area contributed by atoms with Crippen LogP contribution in [0.4, 0.5) is 0 Å². The van der Waals surface area contributed by atoms with Crippen LogP contribution >= 0.6 is 11.8 Å². The number of rotatable bonds is 3. The SMILES string of the molecule is CC(O)c1ccn(CC2CSc3ccccc32)c1. The molecule has 0 bridgehead atoms. The number of thioether (sulfide) groups is 1. The average Bonchev–Trinajstić information content (AvgIpc) is 2.98. The number of benzene rings is 1. The molecule has 0 saturated heterocycles.